The summed E-state index contributed by atoms with van der Waals surface area (Å²) in [6.07, 6.45) is 1.94. The molecule has 0 bridgehead atoms. The van der Waals surface area contributed by atoms with E-state index < -0.39 is 0 Å². The molecular formula is C14H17NO3S. The molecule has 0 aromatic heterocycles. The average molecular weight is 279 g/mol. The summed E-state index contributed by atoms with van der Waals surface area (Å²) in [7, 11) is 0. The van der Waals surface area contributed by atoms with E-state index in [9.17, 15) is 9.59 Å². The number of rotatable bonds is 5. The third kappa shape index (κ3) is 3.10. The molecule has 102 valence electrons. The Hall–Kier alpha value is -1.49. The smallest absolute Gasteiger partial charge is 0.326 e. The minimum Gasteiger partial charge on any atom is -0.459 e. The highest BCUT2D eigenvalue weighted by Crippen LogP contribution is 2.32. The Morgan fingerprint density at radius 3 is 2.68 bits per heavy atom. The monoisotopic (exact) mass is 279 g/mol. The Kier molecular flexibility index (Phi) is 4.47. The second-order valence-electron chi connectivity index (χ2n) is 4.53. The summed E-state index contributed by atoms with van der Waals surface area (Å²) >= 11 is 1.59. The molecule has 1 amide bonds. The van der Waals surface area contributed by atoms with Gasteiger partial charge in [0.15, 0.2) is 0 Å². The summed E-state index contributed by atoms with van der Waals surface area (Å²) in [5, 5.41) is 0.0942. The molecule has 2 atom stereocenters. The normalized spacial score (nSPS) is 22.0. The zero-order valence-electron chi connectivity index (χ0n) is 11.0. The average Bonchev–Trinajstić information content (AvgIpc) is 2.45. The van der Waals surface area contributed by atoms with Gasteiger partial charge >= 0.3 is 5.97 Å². The Balaban J connectivity index is 1.80. The third-order valence-electron chi connectivity index (χ3n) is 3.19. The summed E-state index contributed by atoms with van der Waals surface area (Å²) in [5.74, 6) is -0.337. The molecule has 1 saturated heterocycles. The predicted molar refractivity (Wildman–Crippen MR) is 74.4 cm³/mol. The SMILES string of the molecule is CS[C@@H]1[C@H](C)C(=O)N1CC(=O)OCc1ccccc1. The van der Waals surface area contributed by atoms with Crippen LogP contribution < -0.4 is 0 Å². The van der Waals surface area contributed by atoms with Gasteiger partial charge in [-0.25, -0.2) is 0 Å². The van der Waals surface area contributed by atoms with Crippen LogP contribution in [0.15, 0.2) is 30.3 Å². The van der Waals surface area contributed by atoms with E-state index in [0.29, 0.717) is 0 Å². The molecule has 1 fully saturated rings. The highest BCUT2D eigenvalue weighted by molar-refractivity contribution is 7.99. The second-order valence-corrected chi connectivity index (χ2v) is 5.48. The zero-order chi connectivity index (χ0) is 13.8. The van der Waals surface area contributed by atoms with Gasteiger partial charge in [0.05, 0.1) is 11.3 Å². The number of thioether (sulfide) groups is 1. The molecule has 0 radical (unpaired) electrons. The number of benzene rings is 1. The molecule has 19 heavy (non-hydrogen) atoms. The largest absolute Gasteiger partial charge is 0.459 e. The number of likely N-dealkylation sites (tertiary alicyclic amines) is 1. The lowest BCUT2D eigenvalue weighted by Gasteiger charge is -2.44. The van der Waals surface area contributed by atoms with Crippen molar-refractivity contribution in [2.75, 3.05) is 12.8 Å². The van der Waals surface area contributed by atoms with Gasteiger partial charge < -0.3 is 9.64 Å². The number of carbonyl (C=O) groups excluding carboxylic acids is 2. The summed E-state index contributed by atoms with van der Waals surface area (Å²) < 4.78 is 5.17. The molecule has 0 aliphatic carbocycles. The number of hydrogen-bond acceptors (Lipinski definition) is 4. The topological polar surface area (TPSA) is 46.6 Å². The van der Waals surface area contributed by atoms with Gasteiger partial charge in [-0.1, -0.05) is 37.3 Å². The van der Waals surface area contributed by atoms with Crippen LogP contribution in [0.3, 0.4) is 0 Å². The maximum atomic E-state index is 11.7. The minimum atomic E-state index is -0.358. The van der Waals surface area contributed by atoms with E-state index in [-0.39, 0.29) is 36.3 Å². The maximum absolute atomic E-state index is 11.7. The molecular weight excluding hydrogens is 262 g/mol. The van der Waals surface area contributed by atoms with Crippen LogP contribution >= 0.6 is 11.8 Å². The Morgan fingerprint density at radius 2 is 2.05 bits per heavy atom. The lowest BCUT2D eigenvalue weighted by Crippen LogP contribution is -2.59. The standard InChI is InChI=1S/C14H17NO3S/c1-10-13(17)15(14(10)19-2)8-12(16)18-9-11-6-4-3-5-7-11/h3-7,10,14H,8-9H2,1-2H3/t10-,14-/m1/s1. The fraction of sp³-hybridized carbons (Fsp3) is 0.429. The van der Waals surface area contributed by atoms with E-state index in [1.54, 1.807) is 16.7 Å². The van der Waals surface area contributed by atoms with Gasteiger partial charge in [0, 0.05) is 0 Å². The summed E-state index contributed by atoms with van der Waals surface area (Å²) in [4.78, 5) is 24.9. The zero-order valence-corrected chi connectivity index (χ0v) is 11.9. The van der Waals surface area contributed by atoms with Gasteiger partial charge in [-0.05, 0) is 11.8 Å². The van der Waals surface area contributed by atoms with Crippen molar-refractivity contribution in [3.63, 3.8) is 0 Å². The maximum Gasteiger partial charge on any atom is 0.326 e. The molecule has 0 unspecified atom stereocenters. The van der Waals surface area contributed by atoms with E-state index in [1.165, 1.54) is 0 Å². The quantitative estimate of drug-likeness (QED) is 0.610. The van der Waals surface area contributed by atoms with Crippen molar-refractivity contribution in [2.24, 2.45) is 5.92 Å². The van der Waals surface area contributed by atoms with Crippen molar-refractivity contribution in [1.82, 2.24) is 4.90 Å². The van der Waals surface area contributed by atoms with E-state index >= 15 is 0 Å². The summed E-state index contributed by atoms with van der Waals surface area (Å²) in [6.45, 7) is 2.18. The number of amides is 1. The van der Waals surface area contributed by atoms with Crippen molar-refractivity contribution < 1.29 is 14.3 Å². The number of hydrogen-bond donors (Lipinski definition) is 0. The van der Waals surface area contributed by atoms with E-state index in [1.807, 2.05) is 43.5 Å². The fourth-order valence-corrected chi connectivity index (χ4v) is 3.08. The second kappa shape index (κ2) is 6.10. The highest BCUT2D eigenvalue weighted by Gasteiger charge is 2.44. The Labute approximate surface area is 117 Å². The van der Waals surface area contributed by atoms with Crippen LogP contribution in [0.1, 0.15) is 12.5 Å². The van der Waals surface area contributed by atoms with Crippen molar-refractivity contribution in [3.8, 4) is 0 Å². The number of nitrogens with zero attached hydrogens (tertiary/aromatic N) is 1. The molecule has 0 N–H and O–H groups in total. The van der Waals surface area contributed by atoms with Gasteiger partial charge in [-0.15, -0.1) is 11.8 Å². The molecule has 1 heterocycles. The summed E-state index contributed by atoms with van der Waals surface area (Å²) in [5.41, 5.74) is 0.945. The highest BCUT2D eigenvalue weighted by atomic mass is 32.2. The molecule has 4 nitrogen and oxygen atoms in total. The van der Waals surface area contributed by atoms with Gasteiger partial charge in [0.1, 0.15) is 13.2 Å². The lowest BCUT2D eigenvalue weighted by atomic mass is 10.0. The number of β-lactam (4-membered cyclic amide) rings is 1. The van der Waals surface area contributed by atoms with Crippen LogP contribution in [0.4, 0.5) is 0 Å². The van der Waals surface area contributed by atoms with Crippen LogP contribution in [0, 0.1) is 5.92 Å². The van der Waals surface area contributed by atoms with Gasteiger partial charge in [-0.2, -0.15) is 0 Å². The van der Waals surface area contributed by atoms with Crippen molar-refractivity contribution in [3.05, 3.63) is 35.9 Å². The molecule has 1 aliphatic rings. The Bertz CT molecular complexity index is 463. The molecule has 1 aromatic carbocycles. The molecule has 5 heteroatoms. The first-order valence-electron chi connectivity index (χ1n) is 6.16. The first kappa shape index (κ1) is 13.9. The predicted octanol–water partition coefficient (Wildman–Crippen LogP) is 1.90. The van der Waals surface area contributed by atoms with Crippen molar-refractivity contribution in [1.29, 1.82) is 0 Å². The first-order chi connectivity index (χ1) is 9.13. The molecule has 0 spiro atoms. The number of esters is 1. The molecule has 0 saturated carbocycles. The molecule has 2 rings (SSSR count). The molecule has 1 aromatic rings. The van der Waals surface area contributed by atoms with Crippen LogP contribution in [0.2, 0.25) is 0 Å². The van der Waals surface area contributed by atoms with Crippen LogP contribution in [-0.2, 0) is 20.9 Å². The van der Waals surface area contributed by atoms with Crippen LogP contribution in [0.25, 0.3) is 0 Å². The first-order valence-corrected chi connectivity index (χ1v) is 7.45. The van der Waals surface area contributed by atoms with Crippen LogP contribution in [-0.4, -0.2) is 35.0 Å². The van der Waals surface area contributed by atoms with Gasteiger partial charge in [0.2, 0.25) is 5.91 Å². The van der Waals surface area contributed by atoms with E-state index in [2.05, 4.69) is 0 Å². The van der Waals surface area contributed by atoms with Crippen molar-refractivity contribution >= 4 is 23.6 Å². The minimum absolute atomic E-state index is 0.00285. The summed E-state index contributed by atoms with van der Waals surface area (Å²) in [6, 6.07) is 9.50. The van der Waals surface area contributed by atoms with E-state index in [0.717, 1.165) is 5.56 Å². The van der Waals surface area contributed by atoms with Gasteiger partial charge in [-0.3, -0.25) is 9.59 Å². The van der Waals surface area contributed by atoms with E-state index in [4.69, 9.17) is 4.74 Å². The molecule has 1 aliphatic heterocycles. The fourth-order valence-electron chi connectivity index (χ4n) is 2.12. The number of ether oxygens (including phenoxy) is 1. The number of carbonyl (C=O) groups is 2. The Morgan fingerprint density at radius 1 is 1.37 bits per heavy atom. The van der Waals surface area contributed by atoms with Crippen LogP contribution in [0.5, 0.6) is 0 Å². The third-order valence-corrected chi connectivity index (χ3v) is 4.34. The van der Waals surface area contributed by atoms with Gasteiger partial charge in [0.25, 0.3) is 0 Å². The lowest BCUT2D eigenvalue weighted by molar-refractivity contribution is -0.159. The van der Waals surface area contributed by atoms with Crippen molar-refractivity contribution in [2.45, 2.75) is 18.9 Å².